The predicted octanol–water partition coefficient (Wildman–Crippen LogP) is -0.949. The minimum absolute atomic E-state index is 0.0816. The molecule has 4 N–H and O–H groups in total. The molecule has 0 aliphatic rings. The zero-order valence-electron chi connectivity index (χ0n) is 13.3. The Labute approximate surface area is 130 Å². The molecule has 0 fully saturated rings. The fourth-order valence-corrected chi connectivity index (χ4v) is 1.59. The van der Waals surface area contributed by atoms with Gasteiger partial charge in [-0.2, -0.15) is 0 Å². The first-order valence-corrected chi connectivity index (χ1v) is 7.48. The van der Waals surface area contributed by atoms with Gasteiger partial charge in [0.05, 0.1) is 0 Å². The van der Waals surface area contributed by atoms with Crippen LogP contribution in [0.1, 0.15) is 39.5 Å². The normalized spacial score (nSPS) is 9.73. The summed E-state index contributed by atoms with van der Waals surface area (Å²) in [6, 6.07) is 0. The largest absolute Gasteiger partial charge is 0.356 e. The second-order valence-corrected chi connectivity index (χ2v) is 4.89. The molecule has 0 aliphatic carbocycles. The lowest BCUT2D eigenvalue weighted by Gasteiger charge is -2.07. The first-order valence-electron chi connectivity index (χ1n) is 7.48. The molecule has 0 aromatic rings. The molecule has 0 heterocycles. The van der Waals surface area contributed by atoms with E-state index in [1.54, 1.807) is 0 Å². The third kappa shape index (κ3) is 12.9. The van der Waals surface area contributed by atoms with Crippen molar-refractivity contribution in [1.29, 1.82) is 0 Å². The Hall–Kier alpha value is -2.12. The van der Waals surface area contributed by atoms with Crippen LogP contribution in [0.2, 0.25) is 0 Å². The summed E-state index contributed by atoms with van der Waals surface area (Å²) in [6.07, 6.45) is 2.86. The SMILES string of the molecule is CC(=O)NCCCCNC(=O)C(=O)NCCCCNC(C)=O. The Balaban J connectivity index is 3.49. The lowest BCUT2D eigenvalue weighted by atomic mass is 10.3. The van der Waals surface area contributed by atoms with Crippen molar-refractivity contribution in [2.24, 2.45) is 0 Å². The molecule has 0 rings (SSSR count). The van der Waals surface area contributed by atoms with Crippen LogP contribution in [0.5, 0.6) is 0 Å². The monoisotopic (exact) mass is 314 g/mol. The first-order chi connectivity index (χ1) is 10.4. The topological polar surface area (TPSA) is 116 Å². The fraction of sp³-hybridized carbons (Fsp3) is 0.714. The maximum absolute atomic E-state index is 11.4. The first kappa shape index (κ1) is 19.9. The lowest BCUT2D eigenvalue weighted by molar-refractivity contribution is -0.139. The molecule has 0 saturated carbocycles. The van der Waals surface area contributed by atoms with E-state index in [-0.39, 0.29) is 11.8 Å². The molecular formula is C14H26N4O4. The number of carbonyl (C=O) groups is 4. The highest BCUT2D eigenvalue weighted by atomic mass is 16.2. The van der Waals surface area contributed by atoms with E-state index >= 15 is 0 Å². The summed E-state index contributed by atoms with van der Waals surface area (Å²) in [5.74, 6) is -1.47. The molecular weight excluding hydrogens is 288 g/mol. The summed E-state index contributed by atoms with van der Waals surface area (Å²) < 4.78 is 0. The quantitative estimate of drug-likeness (QED) is 0.307. The van der Waals surface area contributed by atoms with E-state index in [2.05, 4.69) is 21.3 Å². The summed E-state index contributed by atoms with van der Waals surface area (Å²) in [6.45, 7) is 4.81. The Bertz CT molecular complexity index is 349. The van der Waals surface area contributed by atoms with Crippen molar-refractivity contribution >= 4 is 23.6 Å². The minimum Gasteiger partial charge on any atom is -0.356 e. The van der Waals surface area contributed by atoms with Crippen molar-refractivity contribution in [3.63, 3.8) is 0 Å². The predicted molar refractivity (Wildman–Crippen MR) is 81.9 cm³/mol. The zero-order valence-corrected chi connectivity index (χ0v) is 13.3. The van der Waals surface area contributed by atoms with Gasteiger partial charge in [0.2, 0.25) is 11.8 Å². The molecule has 8 nitrogen and oxygen atoms in total. The smallest absolute Gasteiger partial charge is 0.309 e. The number of amides is 4. The number of unbranched alkanes of at least 4 members (excludes halogenated alkanes) is 2. The van der Waals surface area contributed by atoms with Gasteiger partial charge in [-0.25, -0.2) is 0 Å². The Kier molecular flexibility index (Phi) is 11.4. The Morgan fingerprint density at radius 2 is 0.818 bits per heavy atom. The van der Waals surface area contributed by atoms with Crippen molar-refractivity contribution in [3.8, 4) is 0 Å². The van der Waals surface area contributed by atoms with Gasteiger partial charge in [-0.3, -0.25) is 19.2 Å². The van der Waals surface area contributed by atoms with Crippen LogP contribution in [0.15, 0.2) is 0 Å². The van der Waals surface area contributed by atoms with Crippen LogP contribution in [-0.2, 0) is 19.2 Å². The molecule has 0 unspecified atom stereocenters. The maximum atomic E-state index is 11.4. The Morgan fingerprint density at radius 3 is 1.09 bits per heavy atom. The lowest BCUT2D eigenvalue weighted by Crippen LogP contribution is -2.40. The van der Waals surface area contributed by atoms with Crippen LogP contribution >= 0.6 is 0 Å². The third-order valence-corrected chi connectivity index (χ3v) is 2.73. The van der Waals surface area contributed by atoms with Crippen LogP contribution in [0, 0.1) is 0 Å². The summed E-state index contributed by atoms with van der Waals surface area (Å²) in [5.41, 5.74) is 0. The minimum atomic E-state index is -0.651. The molecule has 22 heavy (non-hydrogen) atoms. The average molecular weight is 314 g/mol. The van der Waals surface area contributed by atoms with Gasteiger partial charge in [0.1, 0.15) is 0 Å². The van der Waals surface area contributed by atoms with Crippen molar-refractivity contribution in [2.75, 3.05) is 26.2 Å². The number of hydrogen-bond acceptors (Lipinski definition) is 4. The number of carbonyl (C=O) groups excluding carboxylic acids is 4. The summed E-state index contributed by atoms with van der Waals surface area (Å²) in [4.78, 5) is 44.1. The molecule has 0 saturated heterocycles. The highest BCUT2D eigenvalue weighted by Gasteiger charge is 2.11. The van der Waals surface area contributed by atoms with Gasteiger partial charge in [0, 0.05) is 40.0 Å². The van der Waals surface area contributed by atoms with Crippen molar-refractivity contribution in [2.45, 2.75) is 39.5 Å². The second-order valence-electron chi connectivity index (χ2n) is 4.89. The summed E-state index contributed by atoms with van der Waals surface area (Å²) >= 11 is 0. The van der Waals surface area contributed by atoms with E-state index in [9.17, 15) is 19.2 Å². The highest BCUT2D eigenvalue weighted by Crippen LogP contribution is 1.86. The van der Waals surface area contributed by atoms with Gasteiger partial charge < -0.3 is 21.3 Å². The van der Waals surface area contributed by atoms with Gasteiger partial charge in [-0.05, 0) is 25.7 Å². The summed E-state index contributed by atoms with van der Waals surface area (Å²) in [7, 11) is 0. The van der Waals surface area contributed by atoms with Gasteiger partial charge >= 0.3 is 11.8 Å². The van der Waals surface area contributed by atoms with E-state index in [0.717, 1.165) is 12.8 Å². The van der Waals surface area contributed by atoms with Gasteiger partial charge in [-0.15, -0.1) is 0 Å². The number of nitrogens with one attached hydrogen (secondary N) is 4. The van der Waals surface area contributed by atoms with Crippen LogP contribution < -0.4 is 21.3 Å². The van der Waals surface area contributed by atoms with Gasteiger partial charge in [-0.1, -0.05) is 0 Å². The van der Waals surface area contributed by atoms with E-state index in [1.807, 2.05) is 0 Å². The van der Waals surface area contributed by atoms with Crippen LogP contribution in [0.4, 0.5) is 0 Å². The van der Waals surface area contributed by atoms with E-state index in [4.69, 9.17) is 0 Å². The van der Waals surface area contributed by atoms with Crippen molar-refractivity contribution in [1.82, 2.24) is 21.3 Å². The van der Waals surface area contributed by atoms with Gasteiger partial charge in [0.15, 0.2) is 0 Å². The standard InChI is InChI=1S/C14H26N4O4/c1-11(19)15-7-3-5-9-17-13(21)14(22)18-10-6-4-8-16-12(2)20/h3-10H2,1-2H3,(H,15,19)(H,16,20)(H,17,21)(H,18,22). The summed E-state index contributed by atoms with van der Waals surface area (Å²) in [5, 5.41) is 10.3. The zero-order chi connectivity index (χ0) is 16.8. The number of hydrogen-bond donors (Lipinski definition) is 4. The number of rotatable bonds is 10. The molecule has 4 amide bonds. The van der Waals surface area contributed by atoms with Crippen LogP contribution in [0.25, 0.3) is 0 Å². The fourth-order valence-electron chi connectivity index (χ4n) is 1.59. The van der Waals surface area contributed by atoms with E-state index in [1.165, 1.54) is 13.8 Å². The molecule has 0 radical (unpaired) electrons. The van der Waals surface area contributed by atoms with Crippen molar-refractivity contribution in [3.05, 3.63) is 0 Å². The van der Waals surface area contributed by atoms with Crippen LogP contribution in [0.3, 0.4) is 0 Å². The molecule has 0 aromatic carbocycles. The average Bonchev–Trinajstić information content (AvgIpc) is 2.45. The van der Waals surface area contributed by atoms with Crippen molar-refractivity contribution < 1.29 is 19.2 Å². The molecule has 0 spiro atoms. The highest BCUT2D eigenvalue weighted by molar-refractivity contribution is 6.35. The third-order valence-electron chi connectivity index (χ3n) is 2.73. The molecule has 0 atom stereocenters. The molecule has 126 valence electrons. The molecule has 0 aromatic heterocycles. The molecule has 8 heteroatoms. The van der Waals surface area contributed by atoms with Crippen LogP contribution in [-0.4, -0.2) is 49.8 Å². The van der Waals surface area contributed by atoms with E-state index < -0.39 is 11.8 Å². The Morgan fingerprint density at radius 1 is 0.545 bits per heavy atom. The maximum Gasteiger partial charge on any atom is 0.309 e. The van der Waals surface area contributed by atoms with E-state index in [0.29, 0.717) is 39.0 Å². The van der Waals surface area contributed by atoms with Gasteiger partial charge in [0.25, 0.3) is 0 Å². The second kappa shape index (κ2) is 12.6. The molecule has 0 aliphatic heterocycles. The molecule has 0 bridgehead atoms.